The number of amides is 1. The monoisotopic (exact) mass is 279 g/mol. The number of carbonyl (C=O) groups is 1. The molecule has 0 saturated heterocycles. The van der Waals surface area contributed by atoms with Gasteiger partial charge in [0.15, 0.2) is 0 Å². The lowest BCUT2D eigenvalue weighted by Gasteiger charge is -2.02. The van der Waals surface area contributed by atoms with Crippen molar-refractivity contribution in [3.8, 4) is 0 Å². The highest BCUT2D eigenvalue weighted by molar-refractivity contribution is 9.10. The summed E-state index contributed by atoms with van der Waals surface area (Å²) in [6, 6.07) is 7.39. The highest BCUT2D eigenvalue weighted by Gasteiger charge is 2.07. The lowest BCUT2D eigenvalue weighted by atomic mass is 10.3. The van der Waals surface area contributed by atoms with E-state index < -0.39 is 0 Å². The Hall–Kier alpha value is -1.62. The molecule has 1 aromatic carbocycles. The van der Waals surface area contributed by atoms with Crippen LogP contribution in [0.3, 0.4) is 0 Å². The van der Waals surface area contributed by atoms with Crippen LogP contribution in [0.2, 0.25) is 0 Å². The molecule has 5 heteroatoms. The first-order valence-electron chi connectivity index (χ1n) is 4.73. The van der Waals surface area contributed by atoms with Gasteiger partial charge >= 0.3 is 0 Å². The standard InChI is InChI=1S/C11H10BrN3O/c1-7-13-6-10(14-7)11(16)15-9-4-2-8(12)3-5-9/h2-6H,1H3,(H,13,14)(H,15,16). The molecule has 2 N–H and O–H groups in total. The Kier molecular flexibility index (Phi) is 3.05. The van der Waals surface area contributed by atoms with Crippen LogP contribution in [0.1, 0.15) is 16.3 Å². The van der Waals surface area contributed by atoms with Gasteiger partial charge < -0.3 is 10.3 Å². The van der Waals surface area contributed by atoms with E-state index in [-0.39, 0.29) is 5.91 Å². The van der Waals surface area contributed by atoms with Crippen LogP contribution in [0.15, 0.2) is 34.9 Å². The van der Waals surface area contributed by atoms with Crippen molar-refractivity contribution in [2.45, 2.75) is 6.92 Å². The van der Waals surface area contributed by atoms with Gasteiger partial charge in [-0.2, -0.15) is 0 Å². The Morgan fingerprint density at radius 3 is 2.62 bits per heavy atom. The summed E-state index contributed by atoms with van der Waals surface area (Å²) in [5, 5.41) is 2.77. The summed E-state index contributed by atoms with van der Waals surface area (Å²) in [5.74, 6) is 0.531. The smallest absolute Gasteiger partial charge is 0.273 e. The molecule has 4 nitrogen and oxygen atoms in total. The van der Waals surface area contributed by atoms with Crippen molar-refractivity contribution < 1.29 is 4.79 Å². The molecule has 0 aliphatic rings. The first-order valence-corrected chi connectivity index (χ1v) is 5.53. The summed E-state index contributed by atoms with van der Waals surface area (Å²) in [6.45, 7) is 1.80. The largest absolute Gasteiger partial charge is 0.338 e. The van der Waals surface area contributed by atoms with E-state index in [4.69, 9.17) is 0 Å². The van der Waals surface area contributed by atoms with Gasteiger partial charge in [0, 0.05) is 10.2 Å². The minimum absolute atomic E-state index is 0.192. The predicted molar refractivity (Wildman–Crippen MR) is 65.4 cm³/mol. The second kappa shape index (κ2) is 4.49. The molecule has 1 heterocycles. The first-order chi connectivity index (χ1) is 7.65. The molecule has 0 aliphatic carbocycles. The van der Waals surface area contributed by atoms with Crippen LogP contribution in [0.4, 0.5) is 5.69 Å². The molecule has 2 aromatic rings. The predicted octanol–water partition coefficient (Wildman–Crippen LogP) is 2.73. The molecule has 0 radical (unpaired) electrons. The number of rotatable bonds is 2. The molecule has 0 atom stereocenters. The van der Waals surface area contributed by atoms with Gasteiger partial charge in [-0.1, -0.05) is 15.9 Å². The number of imidazole rings is 1. The average Bonchev–Trinajstić information content (AvgIpc) is 2.68. The average molecular weight is 280 g/mol. The van der Waals surface area contributed by atoms with Gasteiger partial charge in [-0.25, -0.2) is 4.98 Å². The molecule has 16 heavy (non-hydrogen) atoms. The van der Waals surface area contributed by atoms with Gasteiger partial charge in [-0.15, -0.1) is 0 Å². The van der Waals surface area contributed by atoms with Crippen molar-refractivity contribution in [2.75, 3.05) is 5.32 Å². The maximum Gasteiger partial charge on any atom is 0.273 e. The van der Waals surface area contributed by atoms with E-state index in [0.717, 1.165) is 16.0 Å². The van der Waals surface area contributed by atoms with Gasteiger partial charge in [0.2, 0.25) is 0 Å². The molecule has 1 amide bonds. The number of hydrogen-bond acceptors (Lipinski definition) is 2. The molecule has 0 unspecified atom stereocenters. The van der Waals surface area contributed by atoms with E-state index in [1.165, 1.54) is 6.20 Å². The Balaban J connectivity index is 2.10. The molecule has 0 spiro atoms. The number of H-pyrrole nitrogens is 1. The minimum Gasteiger partial charge on any atom is -0.338 e. The Morgan fingerprint density at radius 2 is 2.06 bits per heavy atom. The molecular weight excluding hydrogens is 270 g/mol. The van der Waals surface area contributed by atoms with E-state index >= 15 is 0 Å². The second-order valence-corrected chi connectivity index (χ2v) is 4.26. The fourth-order valence-electron chi connectivity index (χ4n) is 1.27. The summed E-state index contributed by atoms with van der Waals surface area (Å²) >= 11 is 3.33. The zero-order valence-electron chi connectivity index (χ0n) is 8.62. The molecule has 1 aromatic heterocycles. The maximum absolute atomic E-state index is 11.7. The minimum atomic E-state index is -0.192. The number of benzene rings is 1. The molecule has 0 bridgehead atoms. The van der Waals surface area contributed by atoms with Crippen molar-refractivity contribution in [2.24, 2.45) is 0 Å². The highest BCUT2D eigenvalue weighted by Crippen LogP contribution is 2.14. The summed E-state index contributed by atoms with van der Waals surface area (Å²) in [7, 11) is 0. The Labute approximate surface area is 101 Å². The molecule has 82 valence electrons. The Morgan fingerprint density at radius 1 is 1.38 bits per heavy atom. The third-order valence-corrected chi connectivity index (χ3v) is 2.58. The number of hydrogen-bond donors (Lipinski definition) is 2. The Bertz CT molecular complexity index is 504. The topological polar surface area (TPSA) is 57.8 Å². The summed E-state index contributed by atoms with van der Waals surface area (Å²) in [5.41, 5.74) is 1.21. The van der Waals surface area contributed by atoms with Crippen LogP contribution in [-0.2, 0) is 0 Å². The van der Waals surface area contributed by atoms with Crippen LogP contribution in [0.25, 0.3) is 0 Å². The second-order valence-electron chi connectivity index (χ2n) is 3.34. The zero-order valence-corrected chi connectivity index (χ0v) is 10.2. The highest BCUT2D eigenvalue weighted by atomic mass is 79.9. The quantitative estimate of drug-likeness (QED) is 0.888. The van der Waals surface area contributed by atoms with Gasteiger partial charge in [0.25, 0.3) is 5.91 Å². The number of halogens is 1. The number of aryl methyl sites for hydroxylation is 1. The number of anilines is 1. The summed E-state index contributed by atoms with van der Waals surface area (Å²) < 4.78 is 0.975. The van der Waals surface area contributed by atoms with E-state index in [0.29, 0.717) is 5.69 Å². The van der Waals surface area contributed by atoms with Crippen molar-refractivity contribution >= 4 is 27.5 Å². The summed E-state index contributed by atoms with van der Waals surface area (Å²) in [4.78, 5) is 18.6. The fraction of sp³-hybridized carbons (Fsp3) is 0.0909. The number of aromatic amines is 1. The number of carbonyl (C=O) groups excluding carboxylic acids is 1. The van der Waals surface area contributed by atoms with Gasteiger partial charge in [0.05, 0.1) is 6.20 Å². The molecule has 0 aliphatic heterocycles. The molecule has 0 saturated carbocycles. The lowest BCUT2D eigenvalue weighted by molar-refractivity contribution is 0.102. The van der Waals surface area contributed by atoms with Gasteiger partial charge in [-0.05, 0) is 31.2 Å². The van der Waals surface area contributed by atoms with Crippen molar-refractivity contribution in [1.29, 1.82) is 0 Å². The third-order valence-electron chi connectivity index (χ3n) is 2.05. The van der Waals surface area contributed by atoms with Crippen LogP contribution < -0.4 is 5.32 Å². The molecule has 2 rings (SSSR count). The van der Waals surface area contributed by atoms with Crippen LogP contribution in [-0.4, -0.2) is 15.9 Å². The van der Waals surface area contributed by atoms with E-state index in [1.54, 1.807) is 6.92 Å². The first kappa shape index (κ1) is 10.9. The number of nitrogens with zero attached hydrogens (tertiary/aromatic N) is 1. The lowest BCUT2D eigenvalue weighted by Crippen LogP contribution is -2.12. The van der Waals surface area contributed by atoms with Gasteiger partial charge in [0.1, 0.15) is 11.5 Å². The molecule has 0 fully saturated rings. The van der Waals surface area contributed by atoms with Crippen LogP contribution >= 0.6 is 15.9 Å². The molecular formula is C11H10BrN3O. The SMILES string of the molecule is Cc1ncc(C(=O)Nc2ccc(Br)cc2)[nH]1. The van der Waals surface area contributed by atoms with E-state index in [9.17, 15) is 4.79 Å². The van der Waals surface area contributed by atoms with Crippen molar-refractivity contribution in [1.82, 2.24) is 9.97 Å². The van der Waals surface area contributed by atoms with Gasteiger partial charge in [-0.3, -0.25) is 4.79 Å². The third kappa shape index (κ3) is 2.49. The van der Waals surface area contributed by atoms with Crippen LogP contribution in [0.5, 0.6) is 0 Å². The van der Waals surface area contributed by atoms with Crippen molar-refractivity contribution in [3.63, 3.8) is 0 Å². The van der Waals surface area contributed by atoms with Crippen LogP contribution in [0, 0.1) is 6.92 Å². The zero-order chi connectivity index (χ0) is 11.5. The maximum atomic E-state index is 11.7. The van der Waals surface area contributed by atoms with E-state index in [2.05, 4.69) is 31.2 Å². The number of nitrogens with one attached hydrogen (secondary N) is 2. The number of aromatic nitrogens is 2. The van der Waals surface area contributed by atoms with Crippen molar-refractivity contribution in [3.05, 3.63) is 46.5 Å². The van der Waals surface area contributed by atoms with E-state index in [1.807, 2.05) is 24.3 Å². The normalized spacial score (nSPS) is 10.1. The summed E-state index contributed by atoms with van der Waals surface area (Å²) in [6.07, 6.45) is 1.52. The fourth-order valence-corrected chi connectivity index (χ4v) is 1.53.